The maximum Gasteiger partial charge on any atom is 0.265 e. The molecule has 9 nitrogen and oxygen atoms in total. The summed E-state index contributed by atoms with van der Waals surface area (Å²) >= 11 is 0. The van der Waals surface area contributed by atoms with Crippen molar-refractivity contribution in [1.82, 2.24) is 10.1 Å². The number of aromatic nitrogens is 2. The minimum Gasteiger partial charge on any atom is -0.495 e. The number of nitrogens with zero attached hydrogens (tertiary/aromatic N) is 2. The van der Waals surface area contributed by atoms with E-state index in [-0.39, 0.29) is 10.6 Å². The van der Waals surface area contributed by atoms with Crippen LogP contribution in [0.15, 0.2) is 70.1 Å². The first-order valence-corrected chi connectivity index (χ1v) is 12.2. The van der Waals surface area contributed by atoms with E-state index in [1.54, 1.807) is 37.3 Å². The first kappa shape index (κ1) is 24.0. The molecule has 0 aliphatic carbocycles. The van der Waals surface area contributed by atoms with Crippen molar-refractivity contribution in [2.75, 3.05) is 17.1 Å². The van der Waals surface area contributed by atoms with Crippen molar-refractivity contribution in [3.63, 3.8) is 0 Å². The van der Waals surface area contributed by atoms with Gasteiger partial charge in [-0.2, -0.15) is 4.98 Å². The van der Waals surface area contributed by atoms with E-state index in [2.05, 4.69) is 20.2 Å². The number of aryl methyl sites for hydroxylation is 3. The molecule has 0 aliphatic rings. The lowest BCUT2D eigenvalue weighted by Gasteiger charge is -2.16. The number of amides is 1. The fourth-order valence-corrected chi connectivity index (χ4v) is 4.95. The maximum absolute atomic E-state index is 13.3. The Labute approximate surface area is 203 Å². The Balaban J connectivity index is 1.62. The fourth-order valence-electron chi connectivity index (χ4n) is 3.55. The van der Waals surface area contributed by atoms with Crippen molar-refractivity contribution in [3.05, 3.63) is 83.2 Å². The van der Waals surface area contributed by atoms with Crippen LogP contribution in [0.4, 0.5) is 11.4 Å². The number of rotatable bonds is 7. The van der Waals surface area contributed by atoms with Crippen LogP contribution in [-0.2, 0) is 10.0 Å². The number of ether oxygens (including phenoxy) is 1. The van der Waals surface area contributed by atoms with Gasteiger partial charge in [0.15, 0.2) is 0 Å². The summed E-state index contributed by atoms with van der Waals surface area (Å²) in [5.74, 6) is 0.503. The third-order valence-electron chi connectivity index (χ3n) is 5.34. The van der Waals surface area contributed by atoms with Crippen LogP contribution >= 0.6 is 0 Å². The van der Waals surface area contributed by atoms with E-state index in [1.165, 1.54) is 19.2 Å². The van der Waals surface area contributed by atoms with Gasteiger partial charge in [0.1, 0.15) is 10.6 Å². The highest BCUT2D eigenvalue weighted by molar-refractivity contribution is 7.92. The van der Waals surface area contributed by atoms with E-state index in [9.17, 15) is 13.2 Å². The molecule has 35 heavy (non-hydrogen) atoms. The molecule has 0 saturated carbocycles. The SMILES string of the molecule is COc1ccc(NC(=O)c2cccc(-c3noc(C)n3)c2)cc1S(=O)(=O)Nc1c(C)cccc1C. The van der Waals surface area contributed by atoms with E-state index in [4.69, 9.17) is 9.26 Å². The molecule has 180 valence electrons. The highest BCUT2D eigenvalue weighted by Gasteiger charge is 2.22. The van der Waals surface area contributed by atoms with Crippen LogP contribution in [0.2, 0.25) is 0 Å². The summed E-state index contributed by atoms with van der Waals surface area (Å²) in [6.45, 7) is 5.32. The number of hydrogen-bond acceptors (Lipinski definition) is 7. The Morgan fingerprint density at radius 1 is 0.971 bits per heavy atom. The third-order valence-corrected chi connectivity index (χ3v) is 6.71. The summed E-state index contributed by atoms with van der Waals surface area (Å²) in [4.78, 5) is 17.0. The predicted molar refractivity (Wildman–Crippen MR) is 132 cm³/mol. The smallest absolute Gasteiger partial charge is 0.265 e. The lowest BCUT2D eigenvalue weighted by molar-refractivity contribution is 0.102. The molecule has 1 aromatic heterocycles. The molecule has 1 amide bonds. The quantitative estimate of drug-likeness (QED) is 0.382. The second-order valence-electron chi connectivity index (χ2n) is 7.91. The van der Waals surface area contributed by atoms with Gasteiger partial charge in [0.25, 0.3) is 15.9 Å². The summed E-state index contributed by atoms with van der Waals surface area (Å²) in [6.07, 6.45) is 0. The van der Waals surface area contributed by atoms with Gasteiger partial charge in [-0.1, -0.05) is 35.5 Å². The average molecular weight is 493 g/mol. The van der Waals surface area contributed by atoms with Gasteiger partial charge >= 0.3 is 0 Å². The van der Waals surface area contributed by atoms with E-state index < -0.39 is 15.9 Å². The molecule has 0 aliphatic heterocycles. The van der Waals surface area contributed by atoms with Gasteiger partial charge in [0, 0.05) is 23.7 Å². The molecular weight excluding hydrogens is 468 g/mol. The molecule has 3 aromatic carbocycles. The zero-order chi connectivity index (χ0) is 25.2. The molecule has 4 rings (SSSR count). The molecule has 0 bridgehead atoms. The number of para-hydroxylation sites is 1. The maximum atomic E-state index is 13.3. The van der Waals surface area contributed by atoms with Crippen LogP contribution in [0.1, 0.15) is 27.4 Å². The standard InChI is InChI=1S/C25H24N4O5S/c1-15-7-5-8-16(2)23(15)29-35(31,32)22-14-20(11-12-21(22)33-4)27-25(30)19-10-6-9-18(13-19)24-26-17(3)34-28-24/h5-14,29H,1-4H3,(H,27,30). The van der Waals surface area contributed by atoms with Gasteiger partial charge in [-0.3, -0.25) is 9.52 Å². The summed E-state index contributed by atoms with van der Waals surface area (Å²) in [7, 11) is -2.63. The normalized spacial score (nSPS) is 11.2. The summed E-state index contributed by atoms with van der Waals surface area (Å²) in [5.41, 5.74) is 3.32. The predicted octanol–water partition coefficient (Wildman–Crippen LogP) is 4.72. The van der Waals surface area contributed by atoms with Crippen LogP contribution < -0.4 is 14.8 Å². The molecule has 0 atom stereocenters. The molecule has 0 fully saturated rings. The second kappa shape index (κ2) is 9.59. The Kier molecular flexibility index (Phi) is 6.57. The molecule has 2 N–H and O–H groups in total. The van der Waals surface area contributed by atoms with Crippen molar-refractivity contribution in [1.29, 1.82) is 0 Å². The van der Waals surface area contributed by atoms with Gasteiger partial charge in [0.05, 0.1) is 12.8 Å². The number of carbonyl (C=O) groups excluding carboxylic acids is 1. The summed E-state index contributed by atoms with van der Waals surface area (Å²) in [6, 6.07) is 16.7. The number of nitrogens with one attached hydrogen (secondary N) is 2. The Bertz CT molecular complexity index is 1490. The number of methoxy groups -OCH3 is 1. The number of anilines is 2. The Morgan fingerprint density at radius 3 is 2.34 bits per heavy atom. The summed E-state index contributed by atoms with van der Waals surface area (Å²) in [5, 5.41) is 6.61. The van der Waals surface area contributed by atoms with Crippen molar-refractivity contribution in [3.8, 4) is 17.1 Å². The Morgan fingerprint density at radius 2 is 1.69 bits per heavy atom. The highest BCUT2D eigenvalue weighted by atomic mass is 32.2. The van der Waals surface area contributed by atoms with Crippen molar-refractivity contribution >= 4 is 27.3 Å². The lowest BCUT2D eigenvalue weighted by atomic mass is 10.1. The molecule has 10 heteroatoms. The van der Waals surface area contributed by atoms with Crippen LogP contribution in [-0.4, -0.2) is 31.6 Å². The highest BCUT2D eigenvalue weighted by Crippen LogP contribution is 2.31. The molecule has 0 unspecified atom stereocenters. The average Bonchev–Trinajstić information content (AvgIpc) is 3.28. The number of carbonyl (C=O) groups is 1. The topological polar surface area (TPSA) is 123 Å². The van der Waals surface area contributed by atoms with Crippen LogP contribution in [0.3, 0.4) is 0 Å². The van der Waals surface area contributed by atoms with Gasteiger partial charge in [-0.15, -0.1) is 0 Å². The van der Waals surface area contributed by atoms with Crippen molar-refractivity contribution in [2.45, 2.75) is 25.7 Å². The zero-order valence-corrected chi connectivity index (χ0v) is 20.4. The monoisotopic (exact) mass is 492 g/mol. The first-order valence-electron chi connectivity index (χ1n) is 10.7. The van der Waals surface area contributed by atoms with Gasteiger partial charge in [-0.05, 0) is 55.3 Å². The van der Waals surface area contributed by atoms with Gasteiger partial charge in [-0.25, -0.2) is 8.42 Å². The lowest BCUT2D eigenvalue weighted by Crippen LogP contribution is -2.17. The molecular formula is C25H24N4O5S. The van der Waals surface area contributed by atoms with Gasteiger partial charge in [0.2, 0.25) is 11.7 Å². The van der Waals surface area contributed by atoms with E-state index in [1.807, 2.05) is 32.0 Å². The molecule has 0 saturated heterocycles. The minimum absolute atomic E-state index is 0.100. The van der Waals surface area contributed by atoms with Crippen LogP contribution in [0, 0.1) is 20.8 Å². The van der Waals surface area contributed by atoms with E-state index in [0.29, 0.717) is 34.2 Å². The number of sulfonamides is 1. The van der Waals surface area contributed by atoms with E-state index in [0.717, 1.165) is 11.1 Å². The molecule has 0 spiro atoms. The number of benzene rings is 3. The molecule has 4 aromatic rings. The van der Waals surface area contributed by atoms with Crippen LogP contribution in [0.5, 0.6) is 5.75 Å². The Hall–Kier alpha value is -4.18. The minimum atomic E-state index is -4.02. The van der Waals surface area contributed by atoms with Gasteiger partial charge < -0.3 is 14.6 Å². The largest absolute Gasteiger partial charge is 0.495 e. The first-order chi connectivity index (χ1) is 16.7. The molecule has 0 radical (unpaired) electrons. The summed E-state index contributed by atoms with van der Waals surface area (Å²) < 4.78 is 39.5. The van der Waals surface area contributed by atoms with Crippen molar-refractivity contribution < 1.29 is 22.5 Å². The van der Waals surface area contributed by atoms with E-state index >= 15 is 0 Å². The second-order valence-corrected chi connectivity index (χ2v) is 9.56. The third kappa shape index (κ3) is 5.17. The zero-order valence-electron chi connectivity index (χ0n) is 19.6. The van der Waals surface area contributed by atoms with Crippen LogP contribution in [0.25, 0.3) is 11.4 Å². The number of hydrogen-bond donors (Lipinski definition) is 2. The molecule has 1 heterocycles. The van der Waals surface area contributed by atoms with Crippen molar-refractivity contribution in [2.24, 2.45) is 0 Å². The fraction of sp³-hybridized carbons (Fsp3) is 0.160.